The molecule has 2 aromatic rings. The fraction of sp³-hybridized carbons (Fsp3) is 0.480. The second-order valence-electron chi connectivity index (χ2n) is 9.51. The van der Waals surface area contributed by atoms with Gasteiger partial charge in [-0.2, -0.15) is 8.42 Å². The number of nitrogens with zero attached hydrogens (tertiary/aromatic N) is 2. The lowest BCUT2D eigenvalue weighted by atomic mass is 9.98. The number of pyridine rings is 1. The SMILES string of the molecule is Cc1ccc(C)c(S(=O)(=O)/N=C(/OC(C)C)[C@H](C)[C@H](NC(=O)OC(C)(C)C)c2ccccn2)c1. The highest BCUT2D eigenvalue weighted by Gasteiger charge is 2.32. The van der Waals surface area contributed by atoms with Crippen LogP contribution in [0.1, 0.15) is 64.4 Å². The van der Waals surface area contributed by atoms with Crippen molar-refractivity contribution in [2.45, 2.75) is 78.0 Å². The number of alkyl carbamates (subject to hydrolysis) is 1. The third kappa shape index (κ3) is 7.83. The highest BCUT2D eigenvalue weighted by molar-refractivity contribution is 7.90. The molecule has 1 amide bonds. The van der Waals surface area contributed by atoms with E-state index in [9.17, 15) is 13.2 Å². The summed E-state index contributed by atoms with van der Waals surface area (Å²) in [6.45, 7) is 14.1. The topological polar surface area (TPSA) is 107 Å². The minimum atomic E-state index is -4.08. The van der Waals surface area contributed by atoms with Gasteiger partial charge in [-0.05, 0) is 77.8 Å². The number of benzene rings is 1. The Hall–Kier alpha value is -2.94. The van der Waals surface area contributed by atoms with Crippen molar-refractivity contribution in [1.82, 2.24) is 10.3 Å². The molecule has 1 heterocycles. The molecular formula is C25H35N3O5S. The van der Waals surface area contributed by atoms with E-state index in [1.54, 1.807) is 85.0 Å². The minimum absolute atomic E-state index is 0.0254. The maximum atomic E-state index is 13.3. The van der Waals surface area contributed by atoms with E-state index >= 15 is 0 Å². The molecule has 1 aromatic heterocycles. The van der Waals surface area contributed by atoms with Crippen molar-refractivity contribution < 1.29 is 22.7 Å². The van der Waals surface area contributed by atoms with Crippen molar-refractivity contribution in [3.8, 4) is 0 Å². The zero-order valence-corrected chi connectivity index (χ0v) is 21.9. The number of hydrogen-bond acceptors (Lipinski definition) is 6. The van der Waals surface area contributed by atoms with Crippen LogP contribution in [0.2, 0.25) is 0 Å². The number of carbonyl (C=O) groups excluding carboxylic acids is 1. The molecule has 0 aliphatic heterocycles. The minimum Gasteiger partial charge on any atom is -0.477 e. The molecule has 9 heteroatoms. The van der Waals surface area contributed by atoms with Crippen molar-refractivity contribution >= 4 is 22.0 Å². The van der Waals surface area contributed by atoms with Gasteiger partial charge in [-0.3, -0.25) is 4.98 Å². The fourth-order valence-electron chi connectivity index (χ4n) is 3.20. The van der Waals surface area contributed by atoms with Gasteiger partial charge in [-0.1, -0.05) is 25.1 Å². The Morgan fingerprint density at radius 1 is 1.09 bits per heavy atom. The van der Waals surface area contributed by atoms with Crippen LogP contribution in [0.5, 0.6) is 0 Å². The quantitative estimate of drug-likeness (QED) is 0.428. The fourth-order valence-corrected chi connectivity index (χ4v) is 4.55. The van der Waals surface area contributed by atoms with E-state index in [4.69, 9.17) is 9.47 Å². The van der Waals surface area contributed by atoms with E-state index in [0.29, 0.717) is 11.3 Å². The normalized spacial score (nSPS) is 14.4. The molecule has 2 rings (SSSR count). The molecule has 0 fully saturated rings. The van der Waals surface area contributed by atoms with Gasteiger partial charge in [0.2, 0.25) is 5.90 Å². The highest BCUT2D eigenvalue weighted by Crippen LogP contribution is 2.26. The number of nitrogens with one attached hydrogen (secondary N) is 1. The maximum absolute atomic E-state index is 13.3. The number of carbonyl (C=O) groups is 1. The van der Waals surface area contributed by atoms with E-state index in [-0.39, 0.29) is 16.9 Å². The third-order valence-electron chi connectivity index (χ3n) is 4.76. The molecule has 34 heavy (non-hydrogen) atoms. The smallest absolute Gasteiger partial charge is 0.408 e. The van der Waals surface area contributed by atoms with Gasteiger partial charge in [0.05, 0.1) is 28.7 Å². The summed E-state index contributed by atoms with van der Waals surface area (Å²) in [6.07, 6.45) is 0.593. The Labute approximate surface area is 202 Å². The van der Waals surface area contributed by atoms with Crippen molar-refractivity contribution in [2.24, 2.45) is 10.3 Å². The first-order chi connectivity index (χ1) is 15.7. The molecule has 0 saturated carbocycles. The Bertz CT molecular complexity index is 1120. The summed E-state index contributed by atoms with van der Waals surface area (Å²) in [5.74, 6) is -0.702. The zero-order valence-electron chi connectivity index (χ0n) is 21.1. The predicted molar refractivity (Wildman–Crippen MR) is 132 cm³/mol. The Morgan fingerprint density at radius 3 is 2.32 bits per heavy atom. The molecule has 0 saturated heterocycles. The van der Waals surface area contributed by atoms with Crippen LogP contribution in [0.15, 0.2) is 51.9 Å². The lowest BCUT2D eigenvalue weighted by Gasteiger charge is -2.28. The second kappa shape index (κ2) is 11.0. The molecule has 186 valence electrons. The lowest BCUT2D eigenvalue weighted by molar-refractivity contribution is 0.0490. The number of aromatic nitrogens is 1. The third-order valence-corrected chi connectivity index (χ3v) is 6.17. The van der Waals surface area contributed by atoms with Gasteiger partial charge in [0.1, 0.15) is 5.60 Å². The molecule has 0 spiro atoms. The molecule has 0 aliphatic carbocycles. The van der Waals surface area contributed by atoms with Crippen molar-refractivity contribution in [1.29, 1.82) is 0 Å². The van der Waals surface area contributed by atoms with E-state index < -0.39 is 33.7 Å². The van der Waals surface area contributed by atoms with Crippen LogP contribution >= 0.6 is 0 Å². The van der Waals surface area contributed by atoms with E-state index in [1.165, 1.54) is 0 Å². The first-order valence-corrected chi connectivity index (χ1v) is 12.6. The van der Waals surface area contributed by atoms with E-state index in [1.807, 2.05) is 13.0 Å². The predicted octanol–water partition coefficient (Wildman–Crippen LogP) is 5.11. The summed E-state index contributed by atoms with van der Waals surface area (Å²) in [7, 11) is -4.08. The number of aryl methyl sites for hydroxylation is 2. The zero-order chi connectivity index (χ0) is 25.7. The van der Waals surface area contributed by atoms with E-state index in [2.05, 4.69) is 14.7 Å². The van der Waals surface area contributed by atoms with Crippen LogP contribution in [0.3, 0.4) is 0 Å². The highest BCUT2D eigenvalue weighted by atomic mass is 32.2. The molecule has 0 unspecified atom stereocenters. The van der Waals surface area contributed by atoms with Crippen molar-refractivity contribution in [2.75, 3.05) is 0 Å². The lowest BCUT2D eigenvalue weighted by Crippen LogP contribution is -2.40. The van der Waals surface area contributed by atoms with Gasteiger partial charge in [0.25, 0.3) is 10.0 Å². The van der Waals surface area contributed by atoms with Gasteiger partial charge >= 0.3 is 6.09 Å². The van der Waals surface area contributed by atoms with Crippen LogP contribution in [-0.2, 0) is 19.5 Å². The van der Waals surface area contributed by atoms with E-state index in [0.717, 1.165) is 5.56 Å². The molecule has 8 nitrogen and oxygen atoms in total. The number of amides is 1. The standard InChI is InChI=1S/C25H35N3O5S/c1-16(2)32-23(28-34(30,31)21-15-17(3)12-13-18(21)4)19(5)22(20-11-9-10-14-26-20)27-24(29)33-25(6,7)8/h9-16,19,22H,1-8H3,(H,27,29)/b28-23+/t19-,22+/m1/s1. The molecular weight excluding hydrogens is 454 g/mol. The number of hydrogen-bond donors (Lipinski definition) is 1. The number of rotatable bonds is 7. The molecule has 0 aliphatic rings. The van der Waals surface area contributed by atoms with Gasteiger partial charge in [0.15, 0.2) is 0 Å². The van der Waals surface area contributed by atoms with Crippen LogP contribution in [0.4, 0.5) is 4.79 Å². The molecule has 0 bridgehead atoms. The Balaban J connectivity index is 2.54. The molecule has 1 aromatic carbocycles. The first kappa shape index (κ1) is 27.3. The second-order valence-corrected chi connectivity index (χ2v) is 11.1. The largest absolute Gasteiger partial charge is 0.477 e. The number of ether oxygens (including phenoxy) is 2. The van der Waals surface area contributed by atoms with Crippen molar-refractivity contribution in [3.05, 3.63) is 59.4 Å². The summed E-state index contributed by atoms with van der Waals surface area (Å²) in [5.41, 5.74) is 1.19. The van der Waals surface area contributed by atoms with Gasteiger partial charge in [-0.15, -0.1) is 4.40 Å². The average molecular weight is 490 g/mol. The van der Waals surface area contributed by atoms with Gasteiger partial charge < -0.3 is 14.8 Å². The van der Waals surface area contributed by atoms with Crippen LogP contribution in [0.25, 0.3) is 0 Å². The molecule has 1 N–H and O–H groups in total. The summed E-state index contributed by atoms with van der Waals surface area (Å²) in [4.78, 5) is 17.1. The van der Waals surface area contributed by atoms with Crippen LogP contribution in [0, 0.1) is 19.8 Å². The Kier molecular flexibility index (Phi) is 8.83. The average Bonchev–Trinajstić information content (AvgIpc) is 2.71. The van der Waals surface area contributed by atoms with Crippen molar-refractivity contribution in [3.63, 3.8) is 0 Å². The Morgan fingerprint density at radius 2 is 1.76 bits per heavy atom. The van der Waals surface area contributed by atoms with Gasteiger partial charge in [0, 0.05) is 6.20 Å². The van der Waals surface area contributed by atoms with Crippen LogP contribution < -0.4 is 5.32 Å². The summed E-state index contributed by atoms with van der Waals surface area (Å²) < 4.78 is 41.9. The number of sulfonamides is 1. The summed E-state index contributed by atoms with van der Waals surface area (Å²) in [6, 6.07) is 9.70. The van der Waals surface area contributed by atoms with Crippen LogP contribution in [-0.4, -0.2) is 37.1 Å². The molecule has 0 radical (unpaired) electrons. The summed E-state index contributed by atoms with van der Waals surface area (Å²) in [5, 5.41) is 2.81. The van der Waals surface area contributed by atoms with Gasteiger partial charge in [-0.25, -0.2) is 4.79 Å². The molecule has 2 atom stereocenters. The summed E-state index contributed by atoms with van der Waals surface area (Å²) >= 11 is 0. The monoisotopic (exact) mass is 489 g/mol. The maximum Gasteiger partial charge on any atom is 0.408 e. The first-order valence-electron chi connectivity index (χ1n) is 11.2.